The number of carbonyl (C=O) groups excluding carboxylic acids is 2. The molecule has 23 heavy (non-hydrogen) atoms. The largest absolute Gasteiger partial charge is 0.459 e. The van der Waals surface area contributed by atoms with Crippen molar-refractivity contribution >= 4 is 11.9 Å². The van der Waals surface area contributed by atoms with E-state index >= 15 is 0 Å². The maximum Gasteiger partial charge on any atom is 0.344 e. The lowest BCUT2D eigenvalue weighted by atomic mass is 9.79. The molecule has 4 rings (SSSR count). The van der Waals surface area contributed by atoms with E-state index in [-0.39, 0.29) is 36.0 Å². The summed E-state index contributed by atoms with van der Waals surface area (Å²) in [5, 5.41) is 0. The van der Waals surface area contributed by atoms with E-state index in [9.17, 15) is 9.59 Å². The van der Waals surface area contributed by atoms with Crippen LogP contribution in [0.15, 0.2) is 12.2 Å². The van der Waals surface area contributed by atoms with Crippen molar-refractivity contribution in [2.75, 3.05) is 6.61 Å². The number of hydrogen-bond donors (Lipinski definition) is 0. The Hall–Kier alpha value is -1.32. The van der Waals surface area contributed by atoms with Crippen LogP contribution in [0.25, 0.3) is 0 Å². The quantitative estimate of drug-likeness (QED) is 0.577. The smallest absolute Gasteiger partial charge is 0.344 e. The fourth-order valence-electron chi connectivity index (χ4n) is 5.52. The summed E-state index contributed by atoms with van der Waals surface area (Å²) in [6.07, 6.45) is 12.0. The minimum Gasteiger partial charge on any atom is -0.459 e. The number of esters is 2. The van der Waals surface area contributed by atoms with Gasteiger partial charge in [0.2, 0.25) is 0 Å². The van der Waals surface area contributed by atoms with Crippen LogP contribution in [-0.4, -0.2) is 24.6 Å². The zero-order valence-corrected chi connectivity index (χ0v) is 13.8. The molecule has 0 spiro atoms. The fourth-order valence-corrected chi connectivity index (χ4v) is 5.52. The van der Waals surface area contributed by atoms with E-state index in [0.717, 1.165) is 31.6 Å². The first-order valence-electron chi connectivity index (χ1n) is 9.14. The van der Waals surface area contributed by atoms with E-state index < -0.39 is 0 Å². The molecule has 126 valence electrons. The van der Waals surface area contributed by atoms with Crippen molar-refractivity contribution in [2.24, 2.45) is 29.1 Å². The third kappa shape index (κ3) is 2.60. The molecule has 0 N–H and O–H groups in total. The van der Waals surface area contributed by atoms with Gasteiger partial charge in [0.05, 0.1) is 5.92 Å². The lowest BCUT2D eigenvalue weighted by molar-refractivity contribution is -0.169. The Kier molecular flexibility index (Phi) is 3.73. The Morgan fingerprint density at radius 1 is 1.22 bits per heavy atom. The fraction of sp³-hybridized carbons (Fsp3) is 0.789. The second-order valence-corrected chi connectivity index (χ2v) is 8.03. The summed E-state index contributed by atoms with van der Waals surface area (Å²) in [4.78, 5) is 24.3. The maximum atomic E-state index is 12.2. The van der Waals surface area contributed by atoms with E-state index in [2.05, 4.69) is 19.1 Å². The van der Waals surface area contributed by atoms with Gasteiger partial charge in [0.25, 0.3) is 0 Å². The first-order chi connectivity index (χ1) is 11.1. The predicted molar refractivity (Wildman–Crippen MR) is 84.4 cm³/mol. The Labute approximate surface area is 137 Å². The molecule has 0 radical (unpaired) electrons. The third-order valence-electron chi connectivity index (χ3n) is 6.87. The normalized spacial score (nSPS) is 43.1. The summed E-state index contributed by atoms with van der Waals surface area (Å²) in [5.74, 6) is 0.915. The number of fused-ring (bicyclic) bond motifs is 4. The number of ether oxygens (including phenoxy) is 2. The van der Waals surface area contributed by atoms with Gasteiger partial charge in [-0.25, -0.2) is 4.79 Å². The Morgan fingerprint density at radius 2 is 2.09 bits per heavy atom. The van der Waals surface area contributed by atoms with Gasteiger partial charge in [-0.3, -0.25) is 4.79 Å². The van der Waals surface area contributed by atoms with Gasteiger partial charge in [-0.2, -0.15) is 0 Å². The molecule has 3 saturated carbocycles. The monoisotopic (exact) mass is 318 g/mol. The van der Waals surface area contributed by atoms with Gasteiger partial charge < -0.3 is 9.47 Å². The number of allylic oxidation sites excluding steroid dienone is 2. The molecule has 3 fully saturated rings. The van der Waals surface area contributed by atoms with E-state index in [1.165, 1.54) is 19.3 Å². The molecular weight excluding hydrogens is 292 g/mol. The van der Waals surface area contributed by atoms with Crippen molar-refractivity contribution in [3.05, 3.63) is 12.2 Å². The van der Waals surface area contributed by atoms with Crippen LogP contribution in [0, 0.1) is 29.1 Å². The Balaban J connectivity index is 1.26. The summed E-state index contributed by atoms with van der Waals surface area (Å²) < 4.78 is 10.9. The molecule has 0 aliphatic heterocycles. The lowest BCUT2D eigenvalue weighted by Crippen LogP contribution is -2.35. The van der Waals surface area contributed by atoms with E-state index in [1.807, 2.05) is 0 Å². The Bertz CT molecular complexity index is 539. The molecule has 0 aromatic heterocycles. The standard InChI is InChI=1S/C19H26O4/c1-2-19-6-5-13(10-19)9-16(19)23-17(20)11-22-18(21)15-8-12-3-4-14(15)7-12/h3-4,12-16H,2,5-11H2,1H3. The van der Waals surface area contributed by atoms with E-state index in [1.54, 1.807) is 0 Å². The number of rotatable bonds is 5. The van der Waals surface area contributed by atoms with E-state index in [4.69, 9.17) is 9.47 Å². The molecule has 0 amide bonds. The molecule has 4 nitrogen and oxygen atoms in total. The van der Waals surface area contributed by atoms with Crippen LogP contribution >= 0.6 is 0 Å². The van der Waals surface area contributed by atoms with Crippen LogP contribution in [0.4, 0.5) is 0 Å². The molecular formula is C19H26O4. The molecule has 6 unspecified atom stereocenters. The predicted octanol–water partition coefficient (Wildman–Crippen LogP) is 3.25. The average molecular weight is 318 g/mol. The highest BCUT2D eigenvalue weighted by molar-refractivity contribution is 5.78. The molecule has 4 aliphatic rings. The zero-order chi connectivity index (χ0) is 16.0. The van der Waals surface area contributed by atoms with Gasteiger partial charge >= 0.3 is 11.9 Å². The second-order valence-electron chi connectivity index (χ2n) is 8.03. The maximum absolute atomic E-state index is 12.2. The van der Waals surface area contributed by atoms with Crippen LogP contribution in [0.1, 0.15) is 51.9 Å². The van der Waals surface area contributed by atoms with E-state index in [0.29, 0.717) is 11.8 Å². The molecule has 4 heteroatoms. The zero-order valence-electron chi connectivity index (χ0n) is 13.8. The van der Waals surface area contributed by atoms with Gasteiger partial charge in [0.1, 0.15) is 6.10 Å². The van der Waals surface area contributed by atoms with Crippen LogP contribution in [0.5, 0.6) is 0 Å². The summed E-state index contributed by atoms with van der Waals surface area (Å²) in [6.45, 7) is 1.97. The van der Waals surface area contributed by atoms with Crippen LogP contribution in [0.2, 0.25) is 0 Å². The highest BCUT2D eigenvalue weighted by atomic mass is 16.6. The van der Waals surface area contributed by atoms with Gasteiger partial charge in [-0.05, 0) is 62.7 Å². The molecule has 4 aliphatic carbocycles. The van der Waals surface area contributed by atoms with Crippen molar-refractivity contribution < 1.29 is 19.1 Å². The molecule has 6 atom stereocenters. The molecule has 0 aromatic rings. The number of carbonyl (C=O) groups is 2. The van der Waals surface area contributed by atoms with Gasteiger partial charge in [0, 0.05) is 5.41 Å². The summed E-state index contributed by atoms with van der Waals surface area (Å²) in [7, 11) is 0. The molecule has 0 saturated heterocycles. The minimum atomic E-state index is -0.373. The average Bonchev–Trinajstić information content (AvgIpc) is 3.31. The third-order valence-corrected chi connectivity index (χ3v) is 6.87. The highest BCUT2D eigenvalue weighted by Crippen LogP contribution is 2.57. The molecule has 0 heterocycles. The topological polar surface area (TPSA) is 52.6 Å². The van der Waals surface area contributed by atoms with Gasteiger partial charge in [0.15, 0.2) is 6.61 Å². The van der Waals surface area contributed by atoms with Crippen LogP contribution in [-0.2, 0) is 19.1 Å². The molecule has 4 bridgehead atoms. The number of hydrogen-bond acceptors (Lipinski definition) is 4. The van der Waals surface area contributed by atoms with Crippen molar-refractivity contribution in [1.29, 1.82) is 0 Å². The molecule has 0 aromatic carbocycles. The van der Waals surface area contributed by atoms with Crippen molar-refractivity contribution in [1.82, 2.24) is 0 Å². The van der Waals surface area contributed by atoms with Crippen molar-refractivity contribution in [3.8, 4) is 0 Å². The Morgan fingerprint density at radius 3 is 2.74 bits per heavy atom. The lowest BCUT2D eigenvalue weighted by Gasteiger charge is -2.33. The van der Waals surface area contributed by atoms with Crippen molar-refractivity contribution in [3.63, 3.8) is 0 Å². The SMILES string of the molecule is CCC12CCC(CC1OC(=O)COC(=O)C1CC3C=CC1C3)C2. The summed E-state index contributed by atoms with van der Waals surface area (Å²) in [6, 6.07) is 0. The van der Waals surface area contributed by atoms with Crippen LogP contribution < -0.4 is 0 Å². The first kappa shape index (κ1) is 15.2. The van der Waals surface area contributed by atoms with Crippen molar-refractivity contribution in [2.45, 2.75) is 58.0 Å². The van der Waals surface area contributed by atoms with Gasteiger partial charge in [-0.15, -0.1) is 0 Å². The van der Waals surface area contributed by atoms with Gasteiger partial charge in [-0.1, -0.05) is 19.1 Å². The minimum absolute atomic E-state index is 0.0304. The second kappa shape index (κ2) is 5.64. The summed E-state index contributed by atoms with van der Waals surface area (Å²) in [5.41, 5.74) is 0.194. The highest BCUT2D eigenvalue weighted by Gasteiger charge is 2.52. The van der Waals surface area contributed by atoms with Crippen LogP contribution in [0.3, 0.4) is 0 Å². The summed E-state index contributed by atoms with van der Waals surface area (Å²) >= 11 is 0. The first-order valence-corrected chi connectivity index (χ1v) is 9.14.